The first kappa shape index (κ1) is 21.4. The van der Waals surface area contributed by atoms with E-state index in [1.54, 1.807) is 13.8 Å². The molecule has 2 aromatic rings. The van der Waals surface area contributed by atoms with Crippen LogP contribution in [0, 0.1) is 5.92 Å². The van der Waals surface area contributed by atoms with Gasteiger partial charge < -0.3 is 19.9 Å². The Balaban J connectivity index is 1.66. The lowest BCUT2D eigenvalue weighted by Gasteiger charge is -2.22. The highest BCUT2D eigenvalue weighted by atomic mass is 16.6. The summed E-state index contributed by atoms with van der Waals surface area (Å²) in [6, 6.07) is 15.0. The molecule has 0 bridgehead atoms. The molecule has 2 atom stereocenters. The number of carboxylic acid groups (broad SMARTS) is 1. The number of aliphatic carboxylic acids is 1. The minimum Gasteiger partial charge on any atom is -0.479 e. The Labute approximate surface area is 175 Å². The number of nitrogens with one attached hydrogen (secondary N) is 1. The number of amides is 1. The maximum atomic E-state index is 12.4. The van der Waals surface area contributed by atoms with E-state index < -0.39 is 30.2 Å². The van der Waals surface area contributed by atoms with Gasteiger partial charge in [-0.1, -0.05) is 62.4 Å². The maximum absolute atomic E-state index is 12.4. The van der Waals surface area contributed by atoms with Crippen LogP contribution in [0.5, 0.6) is 0 Å². The molecule has 2 N–H and O–H groups in total. The largest absolute Gasteiger partial charge is 0.479 e. The van der Waals surface area contributed by atoms with Gasteiger partial charge in [0.05, 0.1) is 0 Å². The van der Waals surface area contributed by atoms with Gasteiger partial charge >= 0.3 is 18.0 Å². The number of hydrogen-bond acceptors (Lipinski definition) is 5. The molecule has 0 spiro atoms. The lowest BCUT2D eigenvalue weighted by molar-refractivity contribution is -0.164. The van der Waals surface area contributed by atoms with Gasteiger partial charge in [-0.05, 0) is 35.1 Å². The monoisotopic (exact) mass is 411 g/mol. The van der Waals surface area contributed by atoms with Crippen molar-refractivity contribution < 1.29 is 29.0 Å². The Hall–Kier alpha value is -3.35. The van der Waals surface area contributed by atoms with E-state index in [1.165, 1.54) is 6.92 Å². The highest BCUT2D eigenvalue weighted by Gasteiger charge is 2.31. The van der Waals surface area contributed by atoms with Gasteiger partial charge in [0.15, 0.2) is 6.10 Å². The van der Waals surface area contributed by atoms with Gasteiger partial charge in [-0.2, -0.15) is 0 Å². The summed E-state index contributed by atoms with van der Waals surface area (Å²) >= 11 is 0. The van der Waals surface area contributed by atoms with Crippen molar-refractivity contribution in [2.45, 2.75) is 38.8 Å². The van der Waals surface area contributed by atoms with E-state index in [-0.39, 0.29) is 18.4 Å². The fourth-order valence-electron chi connectivity index (χ4n) is 3.56. The molecule has 0 heterocycles. The van der Waals surface area contributed by atoms with E-state index in [1.807, 2.05) is 48.5 Å². The summed E-state index contributed by atoms with van der Waals surface area (Å²) in [6.45, 7) is 4.82. The molecule has 3 rings (SSSR count). The van der Waals surface area contributed by atoms with Crippen LogP contribution in [0.25, 0.3) is 11.1 Å². The van der Waals surface area contributed by atoms with Gasteiger partial charge in [-0.25, -0.2) is 14.4 Å². The minimum absolute atomic E-state index is 0.0976. The quantitative estimate of drug-likeness (QED) is 0.676. The summed E-state index contributed by atoms with van der Waals surface area (Å²) in [4.78, 5) is 35.6. The first-order valence-electron chi connectivity index (χ1n) is 9.84. The smallest absolute Gasteiger partial charge is 0.407 e. The van der Waals surface area contributed by atoms with Gasteiger partial charge in [0.25, 0.3) is 0 Å². The molecular weight excluding hydrogens is 386 g/mol. The van der Waals surface area contributed by atoms with Crippen molar-refractivity contribution in [2.75, 3.05) is 6.61 Å². The number of fused-ring (bicyclic) bond motifs is 3. The predicted octanol–water partition coefficient (Wildman–Crippen LogP) is 3.57. The van der Waals surface area contributed by atoms with Gasteiger partial charge in [0.2, 0.25) is 0 Å². The Kier molecular flexibility index (Phi) is 6.40. The van der Waals surface area contributed by atoms with E-state index in [9.17, 15) is 14.4 Å². The molecule has 7 nitrogen and oxygen atoms in total. The highest BCUT2D eigenvalue weighted by molar-refractivity contribution is 5.84. The van der Waals surface area contributed by atoms with Crippen molar-refractivity contribution in [2.24, 2.45) is 5.92 Å². The molecule has 0 unspecified atom stereocenters. The van der Waals surface area contributed by atoms with Crippen LogP contribution in [0.3, 0.4) is 0 Å². The summed E-state index contributed by atoms with van der Waals surface area (Å²) in [5.41, 5.74) is 4.41. The molecule has 0 aromatic heterocycles. The second kappa shape index (κ2) is 8.98. The summed E-state index contributed by atoms with van der Waals surface area (Å²) in [7, 11) is 0. The Bertz CT molecular complexity index is 909. The zero-order valence-corrected chi connectivity index (χ0v) is 17.1. The second-order valence-corrected chi connectivity index (χ2v) is 7.61. The standard InChI is InChI=1S/C23H25NO6/c1-13(2)20(22(27)30-14(3)21(25)26)24-23(28)29-12-19-17-10-6-4-8-15(17)16-9-5-7-11-18(16)19/h4-11,13-14,19-20H,12H2,1-3H3,(H,24,28)(H,25,26)/t14-,20+/m0/s1. The average Bonchev–Trinajstić information content (AvgIpc) is 3.04. The van der Waals surface area contributed by atoms with Crippen molar-refractivity contribution in [1.82, 2.24) is 5.32 Å². The van der Waals surface area contributed by atoms with Crippen LogP contribution >= 0.6 is 0 Å². The second-order valence-electron chi connectivity index (χ2n) is 7.61. The number of carboxylic acids is 1. The van der Waals surface area contributed by atoms with E-state index >= 15 is 0 Å². The summed E-state index contributed by atoms with van der Waals surface area (Å²) in [5.74, 6) is -2.47. The number of benzene rings is 2. The molecule has 1 amide bonds. The third-order valence-corrected chi connectivity index (χ3v) is 5.18. The molecule has 2 aromatic carbocycles. The van der Waals surface area contributed by atoms with Crippen molar-refractivity contribution >= 4 is 18.0 Å². The Morgan fingerprint density at radius 2 is 1.50 bits per heavy atom. The maximum Gasteiger partial charge on any atom is 0.407 e. The van der Waals surface area contributed by atoms with Crippen LogP contribution in [0.4, 0.5) is 4.79 Å². The minimum atomic E-state index is -1.30. The van der Waals surface area contributed by atoms with Crippen molar-refractivity contribution in [3.05, 3.63) is 59.7 Å². The first-order chi connectivity index (χ1) is 14.3. The van der Waals surface area contributed by atoms with E-state index in [2.05, 4.69) is 5.32 Å². The molecule has 158 valence electrons. The topological polar surface area (TPSA) is 102 Å². The fourth-order valence-corrected chi connectivity index (χ4v) is 3.56. The van der Waals surface area contributed by atoms with Crippen LogP contribution in [0.15, 0.2) is 48.5 Å². The van der Waals surface area contributed by atoms with Gasteiger partial charge in [0, 0.05) is 5.92 Å². The molecule has 0 aliphatic heterocycles. The number of rotatable bonds is 7. The zero-order chi connectivity index (χ0) is 21.8. The Morgan fingerprint density at radius 1 is 0.967 bits per heavy atom. The van der Waals surface area contributed by atoms with E-state index in [4.69, 9.17) is 14.6 Å². The third kappa shape index (κ3) is 4.45. The molecule has 30 heavy (non-hydrogen) atoms. The number of ether oxygens (including phenoxy) is 2. The molecule has 1 aliphatic rings. The third-order valence-electron chi connectivity index (χ3n) is 5.18. The number of esters is 1. The zero-order valence-electron chi connectivity index (χ0n) is 17.1. The molecule has 0 fully saturated rings. The summed E-state index contributed by atoms with van der Waals surface area (Å²) in [5, 5.41) is 11.4. The predicted molar refractivity (Wildman–Crippen MR) is 110 cm³/mol. The van der Waals surface area contributed by atoms with Crippen molar-refractivity contribution in [3.8, 4) is 11.1 Å². The van der Waals surface area contributed by atoms with Crippen LogP contribution in [-0.4, -0.2) is 41.9 Å². The molecular formula is C23H25NO6. The Morgan fingerprint density at radius 3 is 2.00 bits per heavy atom. The summed E-state index contributed by atoms with van der Waals surface area (Å²) < 4.78 is 10.3. The SMILES string of the molecule is CC(C)[C@@H](NC(=O)OCC1c2ccccc2-c2ccccc21)C(=O)O[C@@H](C)C(=O)O. The highest BCUT2D eigenvalue weighted by Crippen LogP contribution is 2.44. The molecule has 1 aliphatic carbocycles. The molecule has 0 radical (unpaired) electrons. The number of carbonyl (C=O) groups is 3. The van der Waals surface area contributed by atoms with Crippen molar-refractivity contribution in [3.63, 3.8) is 0 Å². The van der Waals surface area contributed by atoms with Crippen LogP contribution in [0.2, 0.25) is 0 Å². The molecule has 0 saturated heterocycles. The number of hydrogen-bond donors (Lipinski definition) is 2. The number of carbonyl (C=O) groups excluding carboxylic acids is 2. The van der Waals surface area contributed by atoms with Crippen LogP contribution in [0.1, 0.15) is 37.8 Å². The lowest BCUT2D eigenvalue weighted by Crippen LogP contribution is -2.47. The van der Waals surface area contributed by atoms with Crippen LogP contribution in [-0.2, 0) is 19.1 Å². The fraction of sp³-hybridized carbons (Fsp3) is 0.348. The molecule has 0 saturated carbocycles. The van der Waals surface area contributed by atoms with Crippen LogP contribution < -0.4 is 5.32 Å². The van der Waals surface area contributed by atoms with E-state index in [0.29, 0.717) is 0 Å². The molecule has 7 heteroatoms. The lowest BCUT2D eigenvalue weighted by atomic mass is 9.98. The van der Waals surface area contributed by atoms with Gasteiger partial charge in [0.1, 0.15) is 12.6 Å². The summed E-state index contributed by atoms with van der Waals surface area (Å²) in [6.07, 6.45) is -2.06. The van der Waals surface area contributed by atoms with E-state index in [0.717, 1.165) is 22.3 Å². The van der Waals surface area contributed by atoms with Gasteiger partial charge in [-0.3, -0.25) is 0 Å². The first-order valence-corrected chi connectivity index (χ1v) is 9.84. The van der Waals surface area contributed by atoms with Gasteiger partial charge in [-0.15, -0.1) is 0 Å². The average molecular weight is 411 g/mol. The van der Waals surface area contributed by atoms with Crippen molar-refractivity contribution in [1.29, 1.82) is 0 Å². The number of alkyl carbamates (subject to hydrolysis) is 1. The normalized spacial score (nSPS) is 14.4.